The van der Waals surface area contributed by atoms with E-state index in [0.717, 1.165) is 43.5 Å². The van der Waals surface area contributed by atoms with Crippen molar-refractivity contribution in [2.24, 2.45) is 0 Å². The van der Waals surface area contributed by atoms with Gasteiger partial charge in [-0.3, -0.25) is 0 Å². The second kappa shape index (κ2) is 19.4. The van der Waals surface area contributed by atoms with Gasteiger partial charge in [0.25, 0.3) is 0 Å². The average Bonchev–Trinajstić information content (AvgIpc) is 3.69. The van der Waals surface area contributed by atoms with Crippen molar-refractivity contribution in [3.05, 3.63) is 196 Å². The summed E-state index contributed by atoms with van der Waals surface area (Å²) in [4.78, 5) is 2.32. The normalized spacial score (nSPS) is 12.6. The number of fused-ring (bicyclic) bond motifs is 4. The van der Waals surface area contributed by atoms with E-state index in [1.54, 1.807) is 11.3 Å². The lowest BCUT2D eigenvalue weighted by Crippen LogP contribution is -2.28. The van der Waals surface area contributed by atoms with E-state index in [2.05, 4.69) is 182 Å². The Balaban J connectivity index is 0.000000357. The smallest absolute Gasteiger partial charge is 0.0634 e. The van der Waals surface area contributed by atoms with Crippen molar-refractivity contribution in [1.29, 1.82) is 0 Å². The summed E-state index contributed by atoms with van der Waals surface area (Å²) in [5.74, 6) is 0. The summed E-state index contributed by atoms with van der Waals surface area (Å²) in [6.45, 7) is 42.6. The van der Waals surface area contributed by atoms with Gasteiger partial charge in [0.15, 0.2) is 0 Å². The van der Waals surface area contributed by atoms with Crippen LogP contribution < -0.4 is 14.7 Å². The summed E-state index contributed by atoms with van der Waals surface area (Å²) < 4.78 is 2.32. The molecule has 292 valence electrons. The van der Waals surface area contributed by atoms with E-state index in [1.165, 1.54) is 54.6 Å². The molecule has 1 heterocycles. The summed E-state index contributed by atoms with van der Waals surface area (Å²) in [5, 5.41) is 2.19. The minimum atomic E-state index is -0.172. The van der Waals surface area contributed by atoms with Crippen LogP contribution >= 0.6 is 11.3 Å². The molecule has 0 unspecified atom stereocenters. The highest BCUT2D eigenvalue weighted by Gasteiger charge is 2.38. The van der Waals surface area contributed by atoms with Crippen LogP contribution in [0.1, 0.15) is 94.3 Å². The molecular formula is C55H61NS. The van der Waals surface area contributed by atoms with Crippen LogP contribution in [-0.2, 0) is 5.41 Å². The molecule has 0 N–H and O–H groups in total. The molecule has 0 radical (unpaired) electrons. The van der Waals surface area contributed by atoms with Gasteiger partial charge in [-0.1, -0.05) is 177 Å². The van der Waals surface area contributed by atoms with Gasteiger partial charge in [0.2, 0.25) is 0 Å². The third-order valence-corrected chi connectivity index (χ3v) is 11.8. The molecule has 0 saturated heterocycles. The molecule has 0 aliphatic heterocycles. The van der Waals surface area contributed by atoms with Crippen molar-refractivity contribution in [1.82, 2.24) is 0 Å². The van der Waals surface area contributed by atoms with Crippen LogP contribution in [0.25, 0.3) is 51.2 Å². The van der Waals surface area contributed by atoms with Crippen LogP contribution in [0.4, 0.5) is 11.4 Å². The average molecular weight is 768 g/mol. The Morgan fingerprint density at radius 1 is 0.737 bits per heavy atom. The van der Waals surface area contributed by atoms with Gasteiger partial charge in [-0.25, -0.2) is 0 Å². The maximum atomic E-state index is 4.52. The number of nitrogens with zero attached hydrogens (tertiary/aromatic N) is 1. The van der Waals surface area contributed by atoms with E-state index in [4.69, 9.17) is 0 Å². The molecule has 1 aliphatic carbocycles. The number of hydrogen-bond donors (Lipinski definition) is 0. The Bertz CT molecular complexity index is 2560. The van der Waals surface area contributed by atoms with Gasteiger partial charge in [0.05, 0.1) is 15.9 Å². The number of rotatable bonds is 8. The lowest BCUT2D eigenvalue weighted by molar-refractivity contribution is 0.659. The number of hydrogen-bond acceptors (Lipinski definition) is 2. The van der Waals surface area contributed by atoms with Gasteiger partial charge in [-0.05, 0) is 119 Å². The highest BCUT2D eigenvalue weighted by atomic mass is 32.1. The fourth-order valence-corrected chi connectivity index (χ4v) is 8.69. The van der Waals surface area contributed by atoms with E-state index in [1.807, 2.05) is 52.8 Å². The predicted molar refractivity (Wildman–Crippen MR) is 260 cm³/mol. The van der Waals surface area contributed by atoms with E-state index in [0.29, 0.717) is 0 Å². The first-order valence-electron chi connectivity index (χ1n) is 20.1. The zero-order valence-corrected chi connectivity index (χ0v) is 36.8. The van der Waals surface area contributed by atoms with Crippen molar-refractivity contribution >= 4 is 62.8 Å². The standard InChI is InChI=1S/C38H33NS.C13H16.2C2H6/c1-8-27-28(9-2)36-30-21-20-24(4)22-31(30)38(6,7)32(36)23-34(27)39(26-16-12-11-13-17-26)33(10-3)37-25(5)29-18-14-15-19-35(29)40-37;1-5-10(2)12(4)13-9-7-6-8-11(13)3;2*1-2/h8-23H,1-3,5H2,4,6-7H3;5-9H,4H2,1-3H3;2*1-2H3/b37-33-;10-5-;;. The Kier molecular flexibility index (Phi) is 15.0. The monoisotopic (exact) mass is 767 g/mol. The minimum Gasteiger partial charge on any atom is -0.308 e. The lowest BCUT2D eigenvalue weighted by Gasteiger charge is -2.31. The van der Waals surface area contributed by atoms with Gasteiger partial charge in [-0.2, -0.15) is 0 Å². The molecule has 1 nitrogen and oxygen atoms in total. The topological polar surface area (TPSA) is 3.24 Å². The number of para-hydroxylation sites is 1. The number of aryl methyl sites for hydroxylation is 2. The van der Waals surface area contributed by atoms with Gasteiger partial charge in [0, 0.05) is 21.4 Å². The summed E-state index contributed by atoms with van der Waals surface area (Å²) in [5.41, 5.74) is 16.4. The first-order chi connectivity index (χ1) is 27.5. The highest BCUT2D eigenvalue weighted by molar-refractivity contribution is 7.17. The maximum Gasteiger partial charge on any atom is 0.0634 e. The maximum absolute atomic E-state index is 4.52. The zero-order chi connectivity index (χ0) is 42.0. The first kappa shape index (κ1) is 44.0. The fourth-order valence-electron chi connectivity index (χ4n) is 7.51. The lowest BCUT2D eigenvalue weighted by atomic mass is 9.80. The number of benzene rings is 5. The van der Waals surface area contributed by atoms with E-state index in [-0.39, 0.29) is 5.41 Å². The second-order valence-corrected chi connectivity index (χ2v) is 15.2. The van der Waals surface area contributed by atoms with Crippen LogP contribution in [0.3, 0.4) is 0 Å². The second-order valence-electron chi connectivity index (χ2n) is 14.2. The third kappa shape index (κ3) is 8.53. The van der Waals surface area contributed by atoms with Crippen LogP contribution in [0, 0.1) is 13.8 Å². The first-order valence-corrected chi connectivity index (χ1v) is 20.9. The van der Waals surface area contributed by atoms with E-state index < -0.39 is 0 Å². The summed E-state index contributed by atoms with van der Waals surface area (Å²) in [7, 11) is 0. The largest absolute Gasteiger partial charge is 0.308 e. The van der Waals surface area contributed by atoms with Crippen molar-refractivity contribution in [3.63, 3.8) is 0 Å². The van der Waals surface area contributed by atoms with E-state index >= 15 is 0 Å². The molecule has 57 heavy (non-hydrogen) atoms. The molecular weight excluding hydrogens is 707 g/mol. The quantitative estimate of drug-likeness (QED) is 0.139. The van der Waals surface area contributed by atoms with Gasteiger partial charge < -0.3 is 4.90 Å². The molecule has 2 heteroatoms. The number of thiophene rings is 1. The van der Waals surface area contributed by atoms with Crippen molar-refractivity contribution in [2.75, 3.05) is 4.90 Å². The predicted octanol–water partition coefficient (Wildman–Crippen LogP) is 15.4. The van der Waals surface area contributed by atoms with Crippen LogP contribution in [-0.4, -0.2) is 0 Å². The molecule has 0 spiro atoms. The van der Waals surface area contributed by atoms with Crippen LogP contribution in [0.15, 0.2) is 147 Å². The van der Waals surface area contributed by atoms with Crippen LogP contribution in [0.2, 0.25) is 0 Å². The van der Waals surface area contributed by atoms with Crippen molar-refractivity contribution in [3.8, 4) is 11.1 Å². The highest BCUT2D eigenvalue weighted by Crippen LogP contribution is 2.54. The molecule has 7 rings (SSSR count). The van der Waals surface area contributed by atoms with E-state index in [9.17, 15) is 0 Å². The summed E-state index contributed by atoms with van der Waals surface area (Å²) in [6.07, 6.45) is 8.02. The van der Waals surface area contributed by atoms with Crippen molar-refractivity contribution in [2.45, 2.75) is 74.7 Å². The van der Waals surface area contributed by atoms with Gasteiger partial charge in [0.1, 0.15) is 0 Å². The molecule has 0 saturated carbocycles. The Hall–Kier alpha value is -5.70. The molecule has 0 bridgehead atoms. The number of allylic oxidation sites excluding steroid dienone is 3. The fraction of sp³-hybridized carbons (Fsp3) is 0.200. The number of anilines is 2. The van der Waals surface area contributed by atoms with Crippen LogP contribution in [0.5, 0.6) is 0 Å². The molecule has 0 fully saturated rings. The molecule has 0 amide bonds. The Morgan fingerprint density at radius 3 is 1.95 bits per heavy atom. The van der Waals surface area contributed by atoms with Gasteiger partial charge >= 0.3 is 0 Å². The van der Waals surface area contributed by atoms with Gasteiger partial charge in [-0.15, -0.1) is 11.3 Å². The summed E-state index contributed by atoms with van der Waals surface area (Å²) in [6, 6.07) is 36.5. The van der Waals surface area contributed by atoms with Crippen molar-refractivity contribution < 1.29 is 0 Å². The Labute approximate surface area is 347 Å². The molecule has 0 atom stereocenters. The summed E-state index contributed by atoms with van der Waals surface area (Å²) >= 11 is 1.76. The Morgan fingerprint density at radius 2 is 1.35 bits per heavy atom. The minimum absolute atomic E-state index is 0.172. The third-order valence-electron chi connectivity index (χ3n) is 10.6. The molecule has 1 aromatic heterocycles. The zero-order valence-electron chi connectivity index (χ0n) is 36.0. The SMILES string of the molecule is C=C(/C(C)=C\C)c1ccccc1C.C=C/C(=c1/sc2ccccc2c1=C)N(c1ccccc1)c1cc2c(c(C=C)c1C=C)-c1ccc(C)cc1C2(C)C.CC.CC. The molecule has 1 aliphatic rings. The molecule has 5 aromatic carbocycles. The molecule has 6 aromatic rings.